The Kier molecular flexibility index (Phi) is 7.78. The number of nitrogens with zero attached hydrogens (tertiary/aromatic N) is 3. The van der Waals surface area contributed by atoms with Crippen molar-refractivity contribution in [2.75, 3.05) is 0 Å². The van der Waals surface area contributed by atoms with Crippen LogP contribution in [0.15, 0.2) is 0 Å². The molecular weight excluding hydrogens is 405 g/mol. The molecule has 0 unspecified atom stereocenters. The van der Waals surface area contributed by atoms with Crippen molar-refractivity contribution in [3.63, 3.8) is 0 Å². The van der Waals surface area contributed by atoms with E-state index >= 15 is 0 Å². The average Bonchev–Trinajstić information content (AvgIpc) is 2.78. The van der Waals surface area contributed by atoms with Crippen molar-refractivity contribution in [1.82, 2.24) is 9.79 Å². The zero-order chi connectivity index (χ0) is 25.4. The number of amides is 1. The third-order valence-electron chi connectivity index (χ3n) is 6.79. The molecule has 0 aliphatic heterocycles. The lowest BCUT2D eigenvalue weighted by molar-refractivity contribution is -0.136. The van der Waals surface area contributed by atoms with Crippen LogP contribution in [-0.2, 0) is 9.45 Å². The number of carbonyl (C=O) groups excluding carboxylic acids is 2. The van der Waals surface area contributed by atoms with Crippen LogP contribution in [0.2, 0.25) is 0 Å². The van der Waals surface area contributed by atoms with Gasteiger partial charge in [-0.25, -0.2) is 0 Å². The highest BCUT2D eigenvalue weighted by atomic mass is 16.5. The highest BCUT2D eigenvalue weighted by molar-refractivity contribution is 6.63. The number of aromatic nitrogens is 1. The second-order valence-electron chi connectivity index (χ2n) is 8.86. The highest BCUT2D eigenvalue weighted by Crippen LogP contribution is 2.21. The quantitative estimate of drug-likeness (QED) is 0.441. The third kappa shape index (κ3) is 4.30. The predicted molar refractivity (Wildman–Crippen MR) is 162 cm³/mol. The Morgan fingerprint density at radius 3 is 1.97 bits per heavy atom. The molecule has 2 rings (SSSR count). The van der Waals surface area contributed by atoms with Gasteiger partial charge in [-0.3, -0.25) is 14.6 Å². The van der Waals surface area contributed by atoms with Crippen LogP contribution in [0.3, 0.4) is 0 Å². The number of nitriles is 1. The molecule has 1 heterocycles. The molecule has 0 N–H and O–H groups in total. The van der Waals surface area contributed by atoms with Gasteiger partial charge in [0.05, 0.1) is 11.4 Å². The van der Waals surface area contributed by atoms with Gasteiger partial charge in [0, 0.05) is 11.2 Å². The first-order valence-corrected chi connectivity index (χ1v) is 10.7. The summed E-state index contributed by atoms with van der Waals surface area (Å²) >= 11 is 0. The molecule has 33 heavy (non-hydrogen) atoms. The van der Waals surface area contributed by atoms with Crippen LogP contribution in [0.4, 0.5) is 0 Å². The van der Waals surface area contributed by atoms with E-state index in [1.165, 1.54) is 28.9 Å². The highest BCUT2D eigenvalue weighted by Gasteiger charge is 2.37. The van der Waals surface area contributed by atoms with Gasteiger partial charge >= 0.3 is 16.1 Å². The summed E-state index contributed by atoms with van der Waals surface area (Å²) < 4.78 is 10.5. The van der Waals surface area contributed by atoms with Crippen LogP contribution >= 0.6 is 0 Å². The number of rotatable bonds is 5. The van der Waals surface area contributed by atoms with E-state index in [1.54, 1.807) is 15.7 Å². The first-order chi connectivity index (χ1) is 15.3. The molecule has 1 amide bonds. The summed E-state index contributed by atoms with van der Waals surface area (Å²) in [6.45, 7) is 0. The normalized spacial score (nSPS) is 10.8. The van der Waals surface area contributed by atoms with Gasteiger partial charge < -0.3 is 14.1 Å². The topological polar surface area (TPSA) is 92.5 Å². The lowest BCUT2D eigenvalue weighted by Gasteiger charge is -2.35. The monoisotopic (exact) mass is 429 g/mol. The van der Waals surface area contributed by atoms with E-state index in [1.807, 2.05) is 47.1 Å². The zero-order valence-electron chi connectivity index (χ0n) is 21.5. The van der Waals surface area contributed by atoms with Gasteiger partial charge in [-0.15, -0.1) is 0 Å². The Labute approximate surface area is 205 Å². The first-order valence-electron chi connectivity index (χ1n) is 10.7. The van der Waals surface area contributed by atoms with Crippen molar-refractivity contribution in [2.24, 2.45) is 0 Å². The lowest BCUT2D eigenvalue weighted by atomic mass is 9.59. The molecule has 0 bridgehead atoms. The Balaban J connectivity index is 2.84. The molecule has 2 aromatic rings. The van der Waals surface area contributed by atoms with Crippen LogP contribution in [0.1, 0.15) is 16.1 Å². The van der Waals surface area contributed by atoms with E-state index in [4.69, 9.17) is 9.31 Å². The number of hydrogen-bond donors (Lipinski definition) is 0. The fourth-order valence-corrected chi connectivity index (χ4v) is 4.29. The van der Waals surface area contributed by atoms with E-state index in [9.17, 15) is 14.9 Å². The summed E-state index contributed by atoms with van der Waals surface area (Å²) in [7, 11) is 19.2. The third-order valence-corrected chi connectivity index (χ3v) is 6.79. The minimum atomic E-state index is -1.19. The largest absolute Gasteiger partial charge is 0.567 e. The number of hydrogen-bond acceptors (Lipinski definition) is 6. The van der Waals surface area contributed by atoms with E-state index in [0.717, 1.165) is 38.4 Å². The molecule has 0 spiro atoms. The SMILES string of the molecule is BOC(=O)C(B)(B)N(B)C(=O)c1nc(B)c(-c2c(B)c(B)c(B)c(C#N)c2B)c(B)c1OB. The smallest absolute Gasteiger partial charge is 0.326 e. The molecule has 154 valence electrons. The molecule has 0 saturated heterocycles. The maximum absolute atomic E-state index is 13.4. The summed E-state index contributed by atoms with van der Waals surface area (Å²) in [5, 5.41) is 8.57. The van der Waals surface area contributed by atoms with E-state index in [2.05, 4.69) is 11.1 Å². The van der Waals surface area contributed by atoms with Crippen molar-refractivity contribution in [3.8, 4) is 22.9 Å². The van der Waals surface area contributed by atoms with Crippen LogP contribution < -0.4 is 37.6 Å². The average molecular weight is 427 g/mol. The summed E-state index contributed by atoms with van der Waals surface area (Å²) in [5.74, 6) is -0.650. The second kappa shape index (κ2) is 9.66. The number of benzene rings is 1. The van der Waals surface area contributed by atoms with E-state index < -0.39 is 17.2 Å². The van der Waals surface area contributed by atoms with Gasteiger partial charge in [0.1, 0.15) is 60.7 Å². The van der Waals surface area contributed by atoms with Crippen LogP contribution in [0, 0.1) is 11.3 Å². The van der Waals surface area contributed by atoms with Crippen molar-refractivity contribution >= 4 is 132 Å². The van der Waals surface area contributed by atoms with Gasteiger partial charge in [-0.2, -0.15) is 5.26 Å². The van der Waals surface area contributed by atoms with Crippen molar-refractivity contribution in [3.05, 3.63) is 11.3 Å². The summed E-state index contributed by atoms with van der Waals surface area (Å²) in [6, 6.07) is 2.33. The summed E-state index contributed by atoms with van der Waals surface area (Å²) in [6.07, 6.45) is 0. The van der Waals surface area contributed by atoms with Gasteiger partial charge in [-0.05, 0) is 16.6 Å². The Bertz CT molecular complexity index is 1220. The Hall–Kier alpha value is -2.69. The molecule has 0 aliphatic carbocycles. The van der Waals surface area contributed by atoms with Crippen LogP contribution in [0.5, 0.6) is 5.75 Å². The molecule has 1 aromatic heterocycles. The maximum Gasteiger partial charge on any atom is 0.326 e. The molecular formula is C15H22B11N3O4. The molecule has 1 aromatic carbocycles. The van der Waals surface area contributed by atoms with Crippen molar-refractivity contribution in [2.45, 2.75) is 5.34 Å². The Morgan fingerprint density at radius 2 is 1.48 bits per heavy atom. The van der Waals surface area contributed by atoms with Crippen molar-refractivity contribution in [1.29, 1.82) is 5.26 Å². The zero-order valence-corrected chi connectivity index (χ0v) is 21.5. The minimum absolute atomic E-state index is 0.121. The van der Waals surface area contributed by atoms with Gasteiger partial charge in [0.15, 0.2) is 13.5 Å². The fourth-order valence-electron chi connectivity index (χ4n) is 4.29. The first kappa shape index (κ1) is 26.6. The van der Waals surface area contributed by atoms with Gasteiger partial charge in [-0.1, -0.05) is 21.9 Å². The second-order valence-corrected chi connectivity index (χ2v) is 8.86. The molecule has 0 fully saturated rings. The fraction of sp³-hybridized carbons (Fsp3) is 0.0667. The molecule has 18 heteroatoms. The summed E-state index contributed by atoms with van der Waals surface area (Å²) in [5.41, 5.74) is 7.86. The molecule has 7 nitrogen and oxygen atoms in total. The van der Waals surface area contributed by atoms with Crippen LogP contribution in [0.25, 0.3) is 11.1 Å². The lowest BCUT2D eigenvalue weighted by Crippen LogP contribution is -2.58. The molecule has 0 radical (unpaired) electrons. The van der Waals surface area contributed by atoms with Crippen LogP contribution in [-0.4, -0.2) is 114 Å². The van der Waals surface area contributed by atoms with Crippen molar-refractivity contribution < 1.29 is 18.9 Å². The minimum Gasteiger partial charge on any atom is -0.567 e. The molecule has 0 aliphatic rings. The maximum atomic E-state index is 13.4. The van der Waals surface area contributed by atoms with E-state index in [0.29, 0.717) is 16.9 Å². The molecule has 0 atom stereocenters. The standard InChI is InChI=1S/C15H22B11N3O4/c16-5-2(1-27)6(17)9(20)7(18)3(5)4-8(19)11(32-25)10(28-12(4)21)13(30)29(24)15(22,23)14(31)33-26/h16-26H2. The molecule has 0 saturated carbocycles. The number of pyridine rings is 1. The predicted octanol–water partition coefficient (Wildman–Crippen LogP) is -13.9. The van der Waals surface area contributed by atoms with Gasteiger partial charge in [0.2, 0.25) is 7.98 Å². The number of carbonyl (C=O) groups is 2. The van der Waals surface area contributed by atoms with E-state index in [-0.39, 0.29) is 5.69 Å². The summed E-state index contributed by atoms with van der Waals surface area (Å²) in [4.78, 5) is 31.6. The Morgan fingerprint density at radius 1 is 0.909 bits per heavy atom. The van der Waals surface area contributed by atoms with Gasteiger partial charge in [0.25, 0.3) is 11.9 Å².